The molecule has 4 rings (SSSR count). The van der Waals surface area contributed by atoms with Crippen molar-refractivity contribution < 1.29 is 14.3 Å². The maximum atomic E-state index is 12.9. The molecule has 2 fully saturated rings. The van der Waals surface area contributed by atoms with E-state index in [1.165, 1.54) is 0 Å². The van der Waals surface area contributed by atoms with Crippen molar-refractivity contribution in [1.29, 1.82) is 0 Å². The minimum Gasteiger partial charge on any atom is -0.439 e. The number of likely N-dealkylation sites (tertiary alicyclic amines) is 1. The van der Waals surface area contributed by atoms with Gasteiger partial charge in [-0.3, -0.25) is 4.79 Å². The lowest BCUT2D eigenvalue weighted by atomic mass is 9.92. The van der Waals surface area contributed by atoms with Crippen LogP contribution in [0.1, 0.15) is 28.9 Å². The van der Waals surface area contributed by atoms with E-state index in [1.54, 1.807) is 23.0 Å². The Morgan fingerprint density at radius 3 is 2.92 bits per heavy atom. The molecule has 0 bridgehead atoms. The third kappa shape index (κ3) is 2.31. The summed E-state index contributed by atoms with van der Waals surface area (Å²) in [6, 6.07) is 3.91. The minimum absolute atomic E-state index is 0.109. The van der Waals surface area contributed by atoms with Crippen molar-refractivity contribution in [2.24, 2.45) is 0 Å². The largest absolute Gasteiger partial charge is 0.439 e. The van der Waals surface area contributed by atoms with Crippen LogP contribution in [0.2, 0.25) is 0 Å². The Morgan fingerprint density at radius 1 is 1.38 bits per heavy atom. The number of hydrogen-bond acceptors (Lipinski definition) is 4. The Bertz CT molecular complexity index is 830. The number of aryl methyl sites for hydroxylation is 1. The zero-order chi connectivity index (χ0) is 16.9. The minimum atomic E-state index is -0.575. The normalized spacial score (nSPS) is 24.0. The first kappa shape index (κ1) is 15.0. The average Bonchev–Trinajstić information content (AvgIpc) is 3.09. The fraction of sp³-hybridized carbons (Fsp3) is 0.471. The van der Waals surface area contributed by atoms with Gasteiger partial charge in [-0.1, -0.05) is 6.07 Å². The fourth-order valence-electron chi connectivity index (χ4n) is 3.69. The topological polar surface area (TPSA) is 67.2 Å². The molecule has 0 radical (unpaired) electrons. The van der Waals surface area contributed by atoms with E-state index in [0.29, 0.717) is 25.3 Å². The van der Waals surface area contributed by atoms with Crippen LogP contribution in [0.3, 0.4) is 0 Å². The van der Waals surface area contributed by atoms with Crippen LogP contribution in [0.4, 0.5) is 4.79 Å². The highest BCUT2D eigenvalue weighted by Crippen LogP contribution is 2.32. The average molecular weight is 328 g/mol. The van der Waals surface area contributed by atoms with Gasteiger partial charge in [-0.05, 0) is 31.4 Å². The molecule has 2 aliphatic heterocycles. The van der Waals surface area contributed by atoms with Crippen molar-refractivity contribution in [3.8, 4) is 0 Å². The van der Waals surface area contributed by atoms with Gasteiger partial charge in [-0.15, -0.1) is 0 Å². The second kappa shape index (κ2) is 5.22. The van der Waals surface area contributed by atoms with Crippen molar-refractivity contribution in [2.75, 3.05) is 26.7 Å². The molecule has 0 aromatic carbocycles. The number of pyridine rings is 1. The Kier molecular flexibility index (Phi) is 3.26. The van der Waals surface area contributed by atoms with E-state index in [2.05, 4.69) is 4.98 Å². The molecule has 7 heteroatoms. The summed E-state index contributed by atoms with van der Waals surface area (Å²) in [5, 5.41) is 0. The summed E-state index contributed by atoms with van der Waals surface area (Å²) in [5.74, 6) is -0.109. The van der Waals surface area contributed by atoms with Crippen molar-refractivity contribution >= 4 is 17.6 Å². The summed E-state index contributed by atoms with van der Waals surface area (Å²) in [5.41, 5.74) is 1.67. The number of amides is 2. The number of carbonyl (C=O) groups is 2. The predicted octanol–water partition coefficient (Wildman–Crippen LogP) is 1.70. The van der Waals surface area contributed by atoms with E-state index >= 15 is 0 Å². The quantitative estimate of drug-likeness (QED) is 0.799. The van der Waals surface area contributed by atoms with E-state index in [-0.39, 0.29) is 12.0 Å². The first-order valence-corrected chi connectivity index (χ1v) is 8.15. The molecule has 2 aliphatic rings. The summed E-state index contributed by atoms with van der Waals surface area (Å²) in [6.45, 7) is 3.59. The van der Waals surface area contributed by atoms with Crippen LogP contribution in [0.15, 0.2) is 24.5 Å². The molecule has 2 aromatic rings. The Morgan fingerprint density at radius 2 is 2.21 bits per heavy atom. The summed E-state index contributed by atoms with van der Waals surface area (Å²) in [6.07, 6.45) is 4.94. The van der Waals surface area contributed by atoms with Crippen molar-refractivity contribution in [1.82, 2.24) is 19.2 Å². The number of piperidine rings is 1. The lowest BCUT2D eigenvalue weighted by Crippen LogP contribution is -2.52. The van der Waals surface area contributed by atoms with E-state index in [4.69, 9.17) is 4.74 Å². The number of hydrogen-bond donors (Lipinski definition) is 0. The first-order chi connectivity index (χ1) is 11.5. The first-order valence-electron chi connectivity index (χ1n) is 8.15. The summed E-state index contributed by atoms with van der Waals surface area (Å²) < 4.78 is 7.43. The summed E-state index contributed by atoms with van der Waals surface area (Å²) >= 11 is 0. The van der Waals surface area contributed by atoms with Gasteiger partial charge in [0.2, 0.25) is 0 Å². The maximum absolute atomic E-state index is 12.9. The van der Waals surface area contributed by atoms with E-state index in [1.807, 2.05) is 29.7 Å². The van der Waals surface area contributed by atoms with E-state index in [9.17, 15) is 9.59 Å². The highest BCUT2D eigenvalue weighted by Gasteiger charge is 2.47. The predicted molar refractivity (Wildman–Crippen MR) is 86.9 cm³/mol. The fourth-order valence-corrected chi connectivity index (χ4v) is 3.69. The zero-order valence-corrected chi connectivity index (χ0v) is 13.9. The van der Waals surface area contributed by atoms with E-state index in [0.717, 1.165) is 24.1 Å². The van der Waals surface area contributed by atoms with Crippen LogP contribution < -0.4 is 0 Å². The smallest absolute Gasteiger partial charge is 0.410 e. The lowest BCUT2D eigenvalue weighted by molar-refractivity contribution is -0.00538. The lowest BCUT2D eigenvalue weighted by Gasteiger charge is -2.38. The van der Waals surface area contributed by atoms with Crippen LogP contribution in [-0.2, 0) is 4.74 Å². The summed E-state index contributed by atoms with van der Waals surface area (Å²) in [7, 11) is 1.72. The third-order valence-corrected chi connectivity index (χ3v) is 4.86. The number of likely N-dealkylation sites (N-methyl/N-ethyl adjacent to an activating group) is 1. The van der Waals surface area contributed by atoms with Crippen molar-refractivity contribution in [2.45, 2.75) is 25.4 Å². The molecule has 0 unspecified atom stereocenters. The number of fused-ring (bicyclic) bond motifs is 1. The molecule has 7 nitrogen and oxygen atoms in total. The number of aromatic nitrogens is 2. The summed E-state index contributed by atoms with van der Waals surface area (Å²) in [4.78, 5) is 32.4. The Hall–Kier alpha value is -2.57. The van der Waals surface area contributed by atoms with Gasteiger partial charge in [0.15, 0.2) is 0 Å². The van der Waals surface area contributed by atoms with Gasteiger partial charge in [0.05, 0.1) is 13.1 Å². The number of carbonyl (C=O) groups excluding carboxylic acids is 2. The number of nitrogens with zero attached hydrogens (tertiary/aromatic N) is 4. The van der Waals surface area contributed by atoms with Gasteiger partial charge < -0.3 is 18.9 Å². The highest BCUT2D eigenvalue weighted by atomic mass is 16.6. The van der Waals surface area contributed by atoms with E-state index < -0.39 is 5.60 Å². The van der Waals surface area contributed by atoms with Gasteiger partial charge in [0.1, 0.15) is 16.9 Å². The van der Waals surface area contributed by atoms with Gasteiger partial charge in [0.25, 0.3) is 5.91 Å². The zero-order valence-electron chi connectivity index (χ0n) is 13.9. The SMILES string of the molecule is Cc1cccn2cc(C(=O)N3CCC[C@]4(CN(C)C(=O)O4)C3)nc12. The number of ether oxygens (including phenoxy) is 1. The molecule has 4 heterocycles. The molecule has 0 N–H and O–H groups in total. The molecule has 126 valence electrons. The molecule has 2 aromatic heterocycles. The molecule has 0 aliphatic carbocycles. The highest BCUT2D eigenvalue weighted by molar-refractivity contribution is 5.93. The van der Waals surface area contributed by atoms with Crippen LogP contribution >= 0.6 is 0 Å². The molecule has 1 spiro atoms. The monoisotopic (exact) mass is 328 g/mol. The molecule has 0 saturated carbocycles. The van der Waals surface area contributed by atoms with Crippen LogP contribution in [0, 0.1) is 6.92 Å². The van der Waals surface area contributed by atoms with Gasteiger partial charge in [-0.2, -0.15) is 0 Å². The second-order valence-corrected chi connectivity index (χ2v) is 6.79. The molecular formula is C17H20N4O3. The van der Waals surface area contributed by atoms with Gasteiger partial charge >= 0.3 is 6.09 Å². The molecule has 2 amide bonds. The molecule has 1 atom stereocenters. The van der Waals surface area contributed by atoms with Gasteiger partial charge in [0, 0.05) is 26.0 Å². The van der Waals surface area contributed by atoms with Crippen LogP contribution in [-0.4, -0.2) is 63.5 Å². The Labute approximate surface area is 139 Å². The molecule has 2 saturated heterocycles. The second-order valence-electron chi connectivity index (χ2n) is 6.79. The van der Waals surface area contributed by atoms with Crippen LogP contribution in [0.5, 0.6) is 0 Å². The van der Waals surface area contributed by atoms with Crippen molar-refractivity contribution in [3.05, 3.63) is 35.8 Å². The van der Waals surface area contributed by atoms with Crippen molar-refractivity contribution in [3.63, 3.8) is 0 Å². The molecular weight excluding hydrogens is 308 g/mol. The Balaban J connectivity index is 1.59. The third-order valence-electron chi connectivity index (χ3n) is 4.86. The number of rotatable bonds is 1. The maximum Gasteiger partial charge on any atom is 0.410 e. The van der Waals surface area contributed by atoms with Crippen LogP contribution in [0.25, 0.3) is 5.65 Å². The standard InChI is InChI=1S/C17H20N4O3/c1-12-5-3-7-20-9-13(18-14(12)20)15(22)21-8-4-6-17(11-21)10-19(2)16(23)24-17/h3,5,7,9H,4,6,8,10-11H2,1-2H3/t17-/m0/s1. The molecule has 24 heavy (non-hydrogen) atoms. The number of imidazole rings is 1. The van der Waals surface area contributed by atoms with Gasteiger partial charge in [-0.25, -0.2) is 9.78 Å².